The van der Waals surface area contributed by atoms with Crippen LogP contribution in [-0.2, 0) is 6.54 Å². The average molecular weight is 294 g/mol. The van der Waals surface area contributed by atoms with Gasteiger partial charge in [0.2, 0.25) is 0 Å². The van der Waals surface area contributed by atoms with Gasteiger partial charge < -0.3 is 5.11 Å². The second-order valence-electron chi connectivity index (χ2n) is 5.01. The van der Waals surface area contributed by atoms with E-state index in [2.05, 4.69) is 24.2 Å². The Morgan fingerprint density at radius 1 is 1.45 bits per heavy atom. The van der Waals surface area contributed by atoms with Crippen LogP contribution >= 0.6 is 11.6 Å². The second-order valence-corrected chi connectivity index (χ2v) is 5.44. The van der Waals surface area contributed by atoms with Crippen LogP contribution in [0.15, 0.2) is 24.3 Å². The van der Waals surface area contributed by atoms with Gasteiger partial charge in [0.05, 0.1) is 0 Å². The van der Waals surface area contributed by atoms with Gasteiger partial charge in [0.1, 0.15) is 5.69 Å². The first-order valence-corrected chi connectivity index (χ1v) is 6.79. The monoisotopic (exact) mass is 293 g/mol. The molecule has 0 atom stereocenters. The average Bonchev–Trinajstić information content (AvgIpc) is 2.80. The molecule has 0 aliphatic carbocycles. The summed E-state index contributed by atoms with van der Waals surface area (Å²) in [6, 6.07) is 7.05. The quantitative estimate of drug-likeness (QED) is 0.918. The number of benzene rings is 1. The lowest BCUT2D eigenvalue weighted by Crippen LogP contribution is -2.07. The van der Waals surface area contributed by atoms with Crippen LogP contribution in [-0.4, -0.2) is 26.1 Å². The Balaban J connectivity index is 2.47. The van der Waals surface area contributed by atoms with Crippen molar-refractivity contribution >= 4 is 17.6 Å². The number of carboxylic acid groups (broad SMARTS) is 1. The molecule has 0 saturated carbocycles. The first-order valence-electron chi connectivity index (χ1n) is 6.41. The molecular formula is C14H16ClN3O2. The van der Waals surface area contributed by atoms with Crippen LogP contribution in [0.25, 0.3) is 11.3 Å². The third-order valence-electron chi connectivity index (χ3n) is 2.95. The zero-order chi connectivity index (χ0) is 14.7. The fourth-order valence-electron chi connectivity index (χ4n) is 1.92. The smallest absolute Gasteiger partial charge is 0.358 e. The van der Waals surface area contributed by atoms with Gasteiger partial charge in [-0.3, -0.25) is 0 Å². The van der Waals surface area contributed by atoms with E-state index in [1.807, 2.05) is 6.07 Å². The van der Waals surface area contributed by atoms with Gasteiger partial charge in [-0.1, -0.05) is 42.8 Å². The Hall–Kier alpha value is -1.88. The number of rotatable bonds is 5. The molecule has 0 aliphatic heterocycles. The molecule has 0 fully saturated rings. The maximum absolute atomic E-state index is 11.3. The lowest BCUT2D eigenvalue weighted by molar-refractivity contribution is 0.0691. The molecule has 2 rings (SSSR count). The number of hydrogen-bond acceptors (Lipinski definition) is 3. The number of carbonyl (C=O) groups is 1. The lowest BCUT2D eigenvalue weighted by atomic mass is 10.1. The van der Waals surface area contributed by atoms with Gasteiger partial charge in [0.25, 0.3) is 0 Å². The van der Waals surface area contributed by atoms with Gasteiger partial charge in [0.15, 0.2) is 5.69 Å². The molecule has 0 spiro atoms. The zero-order valence-electron chi connectivity index (χ0n) is 11.4. The number of aromatic carboxylic acids is 1. The van der Waals surface area contributed by atoms with Gasteiger partial charge in [-0.15, -0.1) is 5.10 Å². The third kappa shape index (κ3) is 3.17. The fraction of sp³-hybridized carbons (Fsp3) is 0.357. The minimum Gasteiger partial charge on any atom is -0.476 e. The fourth-order valence-corrected chi connectivity index (χ4v) is 2.11. The highest BCUT2D eigenvalue weighted by atomic mass is 35.5. The Bertz CT molecular complexity index is 623. The maximum atomic E-state index is 11.3. The molecule has 0 saturated heterocycles. The summed E-state index contributed by atoms with van der Waals surface area (Å²) in [5, 5.41) is 17.5. The summed E-state index contributed by atoms with van der Waals surface area (Å²) < 4.78 is 1.63. The molecule has 20 heavy (non-hydrogen) atoms. The van der Waals surface area contributed by atoms with E-state index in [1.54, 1.807) is 22.9 Å². The molecule has 0 radical (unpaired) electrons. The van der Waals surface area contributed by atoms with E-state index in [4.69, 9.17) is 11.6 Å². The van der Waals surface area contributed by atoms with Gasteiger partial charge >= 0.3 is 5.97 Å². The number of halogens is 1. The van der Waals surface area contributed by atoms with Crippen molar-refractivity contribution in [1.29, 1.82) is 0 Å². The van der Waals surface area contributed by atoms with E-state index >= 15 is 0 Å². The highest BCUT2D eigenvalue weighted by molar-refractivity contribution is 6.30. The van der Waals surface area contributed by atoms with Crippen LogP contribution in [0.5, 0.6) is 0 Å². The summed E-state index contributed by atoms with van der Waals surface area (Å²) in [7, 11) is 0. The number of hydrogen-bond donors (Lipinski definition) is 1. The van der Waals surface area contributed by atoms with Gasteiger partial charge in [-0.05, 0) is 24.5 Å². The maximum Gasteiger partial charge on any atom is 0.358 e. The Labute approximate surface area is 122 Å². The largest absolute Gasteiger partial charge is 0.476 e. The highest BCUT2D eigenvalue weighted by Gasteiger charge is 2.20. The van der Waals surface area contributed by atoms with Crippen LogP contribution < -0.4 is 0 Å². The normalized spacial score (nSPS) is 11.0. The molecule has 0 unspecified atom stereocenters. The van der Waals surface area contributed by atoms with Gasteiger partial charge in [-0.25, -0.2) is 9.48 Å². The Kier molecular flexibility index (Phi) is 4.39. The van der Waals surface area contributed by atoms with Crippen molar-refractivity contribution in [3.63, 3.8) is 0 Å². The third-order valence-corrected chi connectivity index (χ3v) is 3.19. The molecule has 106 valence electrons. The van der Waals surface area contributed by atoms with E-state index in [9.17, 15) is 9.90 Å². The molecule has 6 heteroatoms. The van der Waals surface area contributed by atoms with E-state index in [0.717, 1.165) is 6.42 Å². The van der Waals surface area contributed by atoms with E-state index < -0.39 is 5.97 Å². The Morgan fingerprint density at radius 3 is 2.80 bits per heavy atom. The summed E-state index contributed by atoms with van der Waals surface area (Å²) in [6.45, 7) is 4.84. The van der Waals surface area contributed by atoms with Gasteiger partial charge in [0, 0.05) is 17.1 Å². The van der Waals surface area contributed by atoms with Crippen LogP contribution in [0, 0.1) is 5.92 Å². The SMILES string of the molecule is CC(C)CCn1nnc(C(=O)O)c1-c1cccc(Cl)c1. The second kappa shape index (κ2) is 6.05. The van der Waals surface area contributed by atoms with Crippen LogP contribution in [0.1, 0.15) is 30.8 Å². The zero-order valence-corrected chi connectivity index (χ0v) is 12.1. The molecule has 1 aromatic heterocycles. The number of aryl methyl sites for hydroxylation is 1. The first kappa shape index (κ1) is 14.5. The minimum atomic E-state index is -1.09. The molecule has 2 aromatic rings. The first-order chi connectivity index (χ1) is 9.49. The van der Waals surface area contributed by atoms with Crippen LogP contribution in [0.4, 0.5) is 0 Å². The summed E-state index contributed by atoms with van der Waals surface area (Å²) in [4.78, 5) is 11.3. The van der Waals surface area contributed by atoms with Crippen molar-refractivity contribution in [2.75, 3.05) is 0 Å². The topological polar surface area (TPSA) is 68.0 Å². The van der Waals surface area contributed by atoms with Crippen molar-refractivity contribution in [2.24, 2.45) is 5.92 Å². The molecule has 0 aliphatic rings. The van der Waals surface area contributed by atoms with Crippen molar-refractivity contribution in [3.05, 3.63) is 35.0 Å². The number of aromatic nitrogens is 3. The van der Waals surface area contributed by atoms with Crippen molar-refractivity contribution in [2.45, 2.75) is 26.8 Å². The molecular weight excluding hydrogens is 278 g/mol. The predicted molar refractivity (Wildman–Crippen MR) is 76.9 cm³/mol. The van der Waals surface area contributed by atoms with Crippen molar-refractivity contribution < 1.29 is 9.90 Å². The summed E-state index contributed by atoms with van der Waals surface area (Å²) in [5.41, 5.74) is 1.17. The number of nitrogens with zero attached hydrogens (tertiary/aromatic N) is 3. The standard InChI is InChI=1S/C14H16ClN3O2/c1-9(2)6-7-18-13(12(14(19)20)16-17-18)10-4-3-5-11(15)8-10/h3-5,8-9H,6-7H2,1-2H3,(H,19,20). The van der Waals surface area contributed by atoms with E-state index in [1.165, 1.54) is 0 Å². The lowest BCUT2D eigenvalue weighted by Gasteiger charge is -2.09. The molecule has 5 nitrogen and oxygen atoms in total. The Morgan fingerprint density at radius 2 is 2.20 bits per heavy atom. The molecule has 0 amide bonds. The summed E-state index contributed by atoms with van der Waals surface area (Å²) in [5.74, 6) is -0.588. The minimum absolute atomic E-state index is 0.0453. The van der Waals surface area contributed by atoms with Crippen LogP contribution in [0.2, 0.25) is 5.02 Å². The van der Waals surface area contributed by atoms with Crippen molar-refractivity contribution in [1.82, 2.24) is 15.0 Å². The molecule has 1 N–H and O–H groups in total. The summed E-state index contributed by atoms with van der Waals surface area (Å²) in [6.07, 6.45) is 0.899. The molecule has 0 bridgehead atoms. The summed E-state index contributed by atoms with van der Waals surface area (Å²) >= 11 is 5.98. The van der Waals surface area contributed by atoms with E-state index in [-0.39, 0.29) is 5.69 Å². The molecule has 1 aromatic carbocycles. The highest BCUT2D eigenvalue weighted by Crippen LogP contribution is 2.25. The number of carboxylic acids is 1. The molecule has 1 heterocycles. The van der Waals surface area contributed by atoms with Crippen molar-refractivity contribution in [3.8, 4) is 11.3 Å². The van der Waals surface area contributed by atoms with Crippen LogP contribution in [0.3, 0.4) is 0 Å². The van der Waals surface area contributed by atoms with E-state index in [0.29, 0.717) is 28.7 Å². The van der Waals surface area contributed by atoms with Gasteiger partial charge in [-0.2, -0.15) is 0 Å². The predicted octanol–water partition coefficient (Wildman–Crippen LogP) is 3.34.